The lowest BCUT2D eigenvalue weighted by Gasteiger charge is -2.33. The van der Waals surface area contributed by atoms with E-state index in [0.717, 1.165) is 30.7 Å². The summed E-state index contributed by atoms with van der Waals surface area (Å²) in [5.41, 5.74) is 2.37. The summed E-state index contributed by atoms with van der Waals surface area (Å²) in [5, 5.41) is 0. The molecule has 2 aromatic rings. The van der Waals surface area contributed by atoms with Gasteiger partial charge >= 0.3 is 0 Å². The zero-order chi connectivity index (χ0) is 18.7. The van der Waals surface area contributed by atoms with Gasteiger partial charge in [0.15, 0.2) is 11.5 Å². The largest absolute Gasteiger partial charge is 0.493 e. The van der Waals surface area contributed by atoms with Crippen LogP contribution in [-0.2, 0) is 17.8 Å². The van der Waals surface area contributed by atoms with Crippen molar-refractivity contribution >= 4 is 5.91 Å². The van der Waals surface area contributed by atoms with Crippen LogP contribution >= 0.6 is 0 Å². The maximum Gasteiger partial charge on any atom is 0.245 e. The Kier molecular flexibility index (Phi) is 5.55. The molecule has 26 heavy (non-hydrogen) atoms. The van der Waals surface area contributed by atoms with Crippen molar-refractivity contribution in [3.8, 4) is 11.5 Å². The van der Waals surface area contributed by atoms with Crippen LogP contribution in [0.1, 0.15) is 37.4 Å². The van der Waals surface area contributed by atoms with Crippen LogP contribution in [0.3, 0.4) is 0 Å². The highest BCUT2D eigenvalue weighted by molar-refractivity contribution is 5.81. The summed E-state index contributed by atoms with van der Waals surface area (Å²) in [6.45, 7) is 5.67. The van der Waals surface area contributed by atoms with E-state index in [0.29, 0.717) is 18.2 Å². The van der Waals surface area contributed by atoms with Gasteiger partial charge in [-0.25, -0.2) is 0 Å². The van der Waals surface area contributed by atoms with Crippen molar-refractivity contribution in [3.63, 3.8) is 0 Å². The predicted octanol–water partition coefficient (Wildman–Crippen LogP) is 3.68. The lowest BCUT2D eigenvalue weighted by atomic mass is 9.96. The average Bonchev–Trinajstić information content (AvgIpc) is 3.18. The molecule has 1 atom stereocenters. The fourth-order valence-corrected chi connectivity index (χ4v) is 3.63. The van der Waals surface area contributed by atoms with Gasteiger partial charge in [0, 0.05) is 25.5 Å². The maximum atomic E-state index is 13.3. The Labute approximate surface area is 155 Å². The number of hydrogen-bond donors (Lipinski definition) is 0. The van der Waals surface area contributed by atoms with E-state index in [1.54, 1.807) is 14.2 Å². The molecule has 0 unspecified atom stereocenters. The first kappa shape index (κ1) is 18.4. The molecule has 0 aliphatic carbocycles. The summed E-state index contributed by atoms with van der Waals surface area (Å²) < 4.78 is 12.9. The van der Waals surface area contributed by atoms with E-state index in [2.05, 4.69) is 13.8 Å². The molecule has 1 amide bonds. The van der Waals surface area contributed by atoms with Gasteiger partial charge in [-0.2, -0.15) is 0 Å². The third kappa shape index (κ3) is 3.71. The van der Waals surface area contributed by atoms with E-state index < -0.39 is 0 Å². The minimum absolute atomic E-state index is 0.147. The number of carbonyl (C=O) groups is 1. The minimum atomic E-state index is -0.147. The summed E-state index contributed by atoms with van der Waals surface area (Å²) in [6.07, 6.45) is 5.64. The second-order valence-corrected chi connectivity index (χ2v) is 7.26. The molecule has 2 heterocycles. The van der Waals surface area contributed by atoms with Crippen LogP contribution in [0.5, 0.6) is 11.5 Å². The van der Waals surface area contributed by atoms with Gasteiger partial charge in [0.25, 0.3) is 0 Å². The zero-order valence-corrected chi connectivity index (χ0v) is 16.1. The van der Waals surface area contributed by atoms with Gasteiger partial charge in [0.05, 0.1) is 14.2 Å². The maximum absolute atomic E-state index is 13.3. The molecule has 0 saturated carbocycles. The second kappa shape index (κ2) is 7.85. The molecule has 5 nitrogen and oxygen atoms in total. The van der Waals surface area contributed by atoms with Crippen molar-refractivity contribution in [2.45, 2.75) is 39.3 Å². The van der Waals surface area contributed by atoms with E-state index >= 15 is 0 Å². The summed E-state index contributed by atoms with van der Waals surface area (Å²) in [5.74, 6) is 2.10. The van der Waals surface area contributed by atoms with Crippen molar-refractivity contribution in [1.29, 1.82) is 0 Å². The number of rotatable bonds is 6. The van der Waals surface area contributed by atoms with Gasteiger partial charge in [-0.3, -0.25) is 4.79 Å². The van der Waals surface area contributed by atoms with E-state index in [9.17, 15) is 4.79 Å². The van der Waals surface area contributed by atoms with Crippen LogP contribution in [-0.4, -0.2) is 36.1 Å². The molecule has 1 aliphatic heterocycles. The first-order valence-corrected chi connectivity index (χ1v) is 9.18. The zero-order valence-electron chi connectivity index (χ0n) is 16.1. The SMILES string of the molecule is COc1cc2c(cc1OC)CN(C(=O)[C@H](CC(C)C)n1cccc1)CC2. The molecule has 3 rings (SSSR count). The van der Waals surface area contributed by atoms with Gasteiger partial charge in [-0.15, -0.1) is 0 Å². The summed E-state index contributed by atoms with van der Waals surface area (Å²) in [6, 6.07) is 7.84. The topological polar surface area (TPSA) is 43.7 Å². The van der Waals surface area contributed by atoms with Crippen LogP contribution in [0, 0.1) is 5.92 Å². The molecule has 0 bridgehead atoms. The fourth-order valence-electron chi connectivity index (χ4n) is 3.63. The number of nitrogens with zero attached hydrogens (tertiary/aromatic N) is 2. The van der Waals surface area contributed by atoms with Gasteiger partial charge in [0.2, 0.25) is 5.91 Å². The lowest BCUT2D eigenvalue weighted by Crippen LogP contribution is -2.40. The van der Waals surface area contributed by atoms with Crippen LogP contribution in [0.25, 0.3) is 0 Å². The van der Waals surface area contributed by atoms with Crippen LogP contribution in [0.4, 0.5) is 0 Å². The van der Waals surface area contributed by atoms with Gasteiger partial charge in [-0.1, -0.05) is 13.8 Å². The molecular formula is C21H28N2O3. The van der Waals surface area contributed by atoms with E-state index in [4.69, 9.17) is 9.47 Å². The normalized spacial score (nSPS) is 14.9. The van der Waals surface area contributed by atoms with Gasteiger partial charge in [0.1, 0.15) is 6.04 Å². The number of methoxy groups -OCH3 is 2. The Hall–Kier alpha value is -2.43. The highest BCUT2D eigenvalue weighted by Gasteiger charge is 2.29. The Morgan fingerprint density at radius 2 is 1.69 bits per heavy atom. The molecule has 0 fully saturated rings. The van der Waals surface area contributed by atoms with E-state index in [-0.39, 0.29) is 11.9 Å². The average molecular weight is 356 g/mol. The Morgan fingerprint density at radius 1 is 1.08 bits per heavy atom. The van der Waals surface area contributed by atoms with Crippen LogP contribution < -0.4 is 9.47 Å². The van der Waals surface area contributed by atoms with Crippen molar-refractivity contribution in [1.82, 2.24) is 9.47 Å². The van der Waals surface area contributed by atoms with Crippen LogP contribution in [0.2, 0.25) is 0 Å². The third-order valence-electron chi connectivity index (χ3n) is 5.00. The Morgan fingerprint density at radius 3 is 2.27 bits per heavy atom. The van der Waals surface area contributed by atoms with Gasteiger partial charge < -0.3 is 18.9 Å². The third-order valence-corrected chi connectivity index (χ3v) is 5.00. The number of hydrogen-bond acceptors (Lipinski definition) is 3. The van der Waals surface area contributed by atoms with Crippen molar-refractivity contribution in [2.75, 3.05) is 20.8 Å². The molecular weight excluding hydrogens is 328 g/mol. The summed E-state index contributed by atoms with van der Waals surface area (Å²) in [7, 11) is 3.29. The summed E-state index contributed by atoms with van der Waals surface area (Å²) >= 11 is 0. The molecule has 0 N–H and O–H groups in total. The summed E-state index contributed by atoms with van der Waals surface area (Å²) in [4.78, 5) is 15.2. The number of carbonyl (C=O) groups excluding carboxylic acids is 1. The molecule has 1 aromatic carbocycles. The van der Waals surface area contributed by atoms with Crippen molar-refractivity contribution in [3.05, 3.63) is 47.8 Å². The van der Waals surface area contributed by atoms with Crippen molar-refractivity contribution < 1.29 is 14.3 Å². The number of fused-ring (bicyclic) bond motifs is 1. The smallest absolute Gasteiger partial charge is 0.245 e. The van der Waals surface area contributed by atoms with E-state index in [1.165, 1.54) is 5.56 Å². The molecule has 1 aliphatic rings. The fraction of sp³-hybridized carbons (Fsp3) is 0.476. The number of aromatic nitrogens is 1. The standard InChI is InChI=1S/C21H28N2O3/c1-15(2)11-18(22-8-5-6-9-22)21(24)23-10-7-16-12-19(25-3)20(26-4)13-17(16)14-23/h5-6,8-9,12-13,15,18H,7,10-11,14H2,1-4H3/t18-/m0/s1. The van der Waals surface area contributed by atoms with Crippen molar-refractivity contribution in [2.24, 2.45) is 5.92 Å². The first-order valence-electron chi connectivity index (χ1n) is 9.18. The lowest BCUT2D eigenvalue weighted by molar-refractivity contribution is -0.136. The highest BCUT2D eigenvalue weighted by atomic mass is 16.5. The Balaban J connectivity index is 1.83. The molecule has 0 radical (unpaired) electrons. The number of amides is 1. The minimum Gasteiger partial charge on any atom is -0.493 e. The number of ether oxygens (including phenoxy) is 2. The second-order valence-electron chi connectivity index (χ2n) is 7.26. The number of benzene rings is 1. The molecule has 1 aromatic heterocycles. The van der Waals surface area contributed by atoms with E-state index in [1.807, 2.05) is 46.1 Å². The highest BCUT2D eigenvalue weighted by Crippen LogP contribution is 2.34. The van der Waals surface area contributed by atoms with Gasteiger partial charge in [-0.05, 0) is 54.2 Å². The molecule has 5 heteroatoms. The monoisotopic (exact) mass is 356 g/mol. The molecule has 0 saturated heterocycles. The molecule has 0 spiro atoms. The quantitative estimate of drug-likeness (QED) is 0.793. The predicted molar refractivity (Wildman–Crippen MR) is 102 cm³/mol. The Bertz CT molecular complexity index is 753. The van der Waals surface area contributed by atoms with Crippen LogP contribution in [0.15, 0.2) is 36.7 Å². The molecule has 140 valence electrons. The first-order chi connectivity index (χ1) is 12.5.